The summed E-state index contributed by atoms with van der Waals surface area (Å²) in [5.41, 5.74) is 6.35. The van der Waals surface area contributed by atoms with E-state index in [-0.39, 0.29) is 17.1 Å². The van der Waals surface area contributed by atoms with Crippen LogP contribution >= 0.6 is 15.9 Å². The molecule has 28 heavy (non-hydrogen) atoms. The summed E-state index contributed by atoms with van der Waals surface area (Å²) < 4.78 is 64.8. The second-order valence-corrected chi connectivity index (χ2v) is 8.97. The van der Waals surface area contributed by atoms with Crippen LogP contribution in [0.15, 0.2) is 57.9 Å². The fourth-order valence-electron chi connectivity index (χ4n) is 2.63. The van der Waals surface area contributed by atoms with E-state index < -0.39 is 21.7 Å². The van der Waals surface area contributed by atoms with E-state index in [9.17, 15) is 21.6 Å². The summed E-state index contributed by atoms with van der Waals surface area (Å²) in [5, 5.41) is 3.72. The van der Waals surface area contributed by atoms with Gasteiger partial charge in [0, 0.05) is 22.8 Å². The zero-order chi connectivity index (χ0) is 20.7. The van der Waals surface area contributed by atoms with Gasteiger partial charge in [0.2, 0.25) is 0 Å². The van der Waals surface area contributed by atoms with Gasteiger partial charge in [-0.1, -0.05) is 34.1 Å². The molecule has 0 bridgehead atoms. The summed E-state index contributed by atoms with van der Waals surface area (Å²) in [6.07, 6.45) is -3.56. The van der Waals surface area contributed by atoms with Crippen molar-refractivity contribution in [1.82, 2.24) is 9.78 Å². The zero-order valence-corrected chi connectivity index (χ0v) is 16.9. The largest absolute Gasteiger partial charge is 0.435 e. The van der Waals surface area contributed by atoms with Crippen molar-refractivity contribution in [1.29, 1.82) is 0 Å². The van der Waals surface area contributed by atoms with Crippen molar-refractivity contribution in [2.75, 3.05) is 6.26 Å². The van der Waals surface area contributed by atoms with E-state index in [0.29, 0.717) is 15.7 Å². The van der Waals surface area contributed by atoms with E-state index in [0.717, 1.165) is 17.9 Å². The van der Waals surface area contributed by atoms with Crippen LogP contribution in [0.25, 0.3) is 16.9 Å². The number of nitrogens with two attached hydrogens (primary N) is 1. The van der Waals surface area contributed by atoms with Crippen LogP contribution in [0.3, 0.4) is 0 Å². The van der Waals surface area contributed by atoms with Gasteiger partial charge in [-0.2, -0.15) is 18.3 Å². The molecule has 0 saturated heterocycles. The van der Waals surface area contributed by atoms with Crippen LogP contribution in [-0.2, 0) is 22.6 Å². The third-order valence-corrected chi connectivity index (χ3v) is 5.95. The van der Waals surface area contributed by atoms with Crippen LogP contribution in [0.2, 0.25) is 0 Å². The van der Waals surface area contributed by atoms with Gasteiger partial charge >= 0.3 is 6.18 Å². The molecule has 0 unspecified atom stereocenters. The molecule has 0 aliphatic rings. The number of alkyl halides is 3. The van der Waals surface area contributed by atoms with Gasteiger partial charge < -0.3 is 5.73 Å². The maximum absolute atomic E-state index is 13.3. The molecule has 3 rings (SSSR count). The Kier molecular flexibility index (Phi) is 5.39. The smallest absolute Gasteiger partial charge is 0.326 e. The van der Waals surface area contributed by atoms with E-state index in [1.54, 1.807) is 18.2 Å². The Labute approximate surface area is 168 Å². The summed E-state index contributed by atoms with van der Waals surface area (Å²) >= 11 is 3.35. The van der Waals surface area contributed by atoms with Gasteiger partial charge in [-0.3, -0.25) is 0 Å². The number of halogens is 4. The highest BCUT2D eigenvalue weighted by Crippen LogP contribution is 2.34. The molecule has 148 valence electrons. The molecule has 1 heterocycles. The Hall–Kier alpha value is -2.17. The van der Waals surface area contributed by atoms with Gasteiger partial charge in [0.15, 0.2) is 15.5 Å². The first-order chi connectivity index (χ1) is 13.0. The maximum Gasteiger partial charge on any atom is 0.435 e. The number of rotatable bonds is 4. The van der Waals surface area contributed by atoms with Crippen LogP contribution in [0.5, 0.6) is 0 Å². The molecule has 1 aromatic heterocycles. The first kappa shape index (κ1) is 20.6. The van der Waals surface area contributed by atoms with Crippen molar-refractivity contribution < 1.29 is 21.6 Å². The highest BCUT2D eigenvalue weighted by Gasteiger charge is 2.35. The molecule has 0 amide bonds. The third kappa shape index (κ3) is 4.13. The number of hydrogen-bond donors (Lipinski definition) is 1. The lowest BCUT2D eigenvalue weighted by Gasteiger charge is -2.10. The zero-order valence-electron chi connectivity index (χ0n) is 14.5. The second-order valence-electron chi connectivity index (χ2n) is 6.10. The normalized spacial score (nSPS) is 12.4. The Morgan fingerprint density at radius 2 is 1.75 bits per heavy atom. The predicted molar refractivity (Wildman–Crippen MR) is 103 cm³/mol. The molecule has 0 aliphatic heterocycles. The minimum absolute atomic E-state index is 0.0772. The fourth-order valence-corrected chi connectivity index (χ4v) is 3.79. The monoisotopic (exact) mass is 473 g/mol. The van der Waals surface area contributed by atoms with Crippen molar-refractivity contribution >= 4 is 25.8 Å². The van der Waals surface area contributed by atoms with E-state index in [1.165, 1.54) is 28.9 Å². The molecule has 0 atom stereocenters. The molecular weight excluding hydrogens is 459 g/mol. The highest BCUT2D eigenvalue weighted by atomic mass is 79.9. The van der Waals surface area contributed by atoms with Crippen molar-refractivity contribution in [3.63, 3.8) is 0 Å². The maximum atomic E-state index is 13.3. The van der Waals surface area contributed by atoms with E-state index in [2.05, 4.69) is 21.0 Å². The number of hydrogen-bond acceptors (Lipinski definition) is 4. The average Bonchev–Trinajstić information content (AvgIpc) is 3.07. The Morgan fingerprint density at radius 3 is 2.25 bits per heavy atom. The molecule has 0 fully saturated rings. The molecule has 2 N–H and O–H groups in total. The number of sulfone groups is 1. The van der Waals surface area contributed by atoms with Crippen LogP contribution in [0, 0.1) is 0 Å². The minimum atomic E-state index is -4.62. The van der Waals surface area contributed by atoms with Crippen molar-refractivity contribution in [3.8, 4) is 16.9 Å². The van der Waals surface area contributed by atoms with Crippen LogP contribution in [-0.4, -0.2) is 24.5 Å². The van der Waals surface area contributed by atoms with Gasteiger partial charge in [-0.05, 0) is 35.9 Å². The first-order valence-corrected chi connectivity index (χ1v) is 10.7. The SMILES string of the molecule is CS(=O)(=O)c1ccc(-c2cc(C(F)(F)F)nn2-c2ccc(CN)c(Br)c2)cc1. The summed E-state index contributed by atoms with van der Waals surface area (Å²) in [4.78, 5) is 0.0772. The van der Waals surface area contributed by atoms with Crippen molar-refractivity contribution in [2.24, 2.45) is 5.73 Å². The topological polar surface area (TPSA) is 78.0 Å². The molecular formula is C18H15BrF3N3O2S. The van der Waals surface area contributed by atoms with Crippen molar-refractivity contribution in [3.05, 3.63) is 64.3 Å². The van der Waals surface area contributed by atoms with Gasteiger partial charge in [0.25, 0.3) is 0 Å². The van der Waals surface area contributed by atoms with E-state index in [4.69, 9.17) is 5.73 Å². The standard InChI is InChI=1S/C18H15BrF3N3O2S/c1-28(26,27)14-6-3-11(4-7-14)16-9-17(18(20,21)22)24-25(16)13-5-2-12(10-23)15(19)8-13/h2-9H,10,23H2,1H3. The van der Waals surface area contributed by atoms with Crippen LogP contribution < -0.4 is 5.73 Å². The van der Waals surface area contributed by atoms with Gasteiger partial charge in [-0.15, -0.1) is 0 Å². The molecule has 3 aromatic rings. The van der Waals surface area contributed by atoms with Crippen LogP contribution in [0.1, 0.15) is 11.3 Å². The molecule has 0 aliphatic carbocycles. The summed E-state index contributed by atoms with van der Waals surface area (Å²) in [5.74, 6) is 0. The van der Waals surface area contributed by atoms with Gasteiger partial charge in [0.1, 0.15) is 0 Å². The van der Waals surface area contributed by atoms with Crippen LogP contribution in [0.4, 0.5) is 13.2 Å². The average molecular weight is 474 g/mol. The Balaban J connectivity index is 2.18. The molecule has 0 spiro atoms. The highest BCUT2D eigenvalue weighted by molar-refractivity contribution is 9.10. The van der Waals surface area contributed by atoms with Crippen molar-refractivity contribution in [2.45, 2.75) is 17.6 Å². The number of nitrogens with zero attached hydrogens (tertiary/aromatic N) is 2. The lowest BCUT2D eigenvalue weighted by molar-refractivity contribution is -0.141. The fraction of sp³-hybridized carbons (Fsp3) is 0.167. The Bertz CT molecular complexity index is 1120. The summed E-state index contributed by atoms with van der Waals surface area (Å²) in [6.45, 7) is 0.271. The lowest BCUT2D eigenvalue weighted by atomic mass is 10.1. The lowest BCUT2D eigenvalue weighted by Crippen LogP contribution is -2.07. The molecule has 5 nitrogen and oxygen atoms in total. The summed E-state index contributed by atoms with van der Waals surface area (Å²) in [6, 6.07) is 11.5. The molecule has 0 saturated carbocycles. The predicted octanol–water partition coefficient (Wildman–Crippen LogP) is 4.18. The quantitative estimate of drug-likeness (QED) is 0.616. The van der Waals surface area contributed by atoms with Gasteiger partial charge in [0.05, 0.1) is 16.3 Å². The first-order valence-electron chi connectivity index (χ1n) is 7.97. The Morgan fingerprint density at radius 1 is 1.11 bits per heavy atom. The second kappa shape index (κ2) is 7.34. The summed E-state index contributed by atoms with van der Waals surface area (Å²) in [7, 11) is -3.42. The molecule has 2 aromatic carbocycles. The molecule has 10 heteroatoms. The van der Waals surface area contributed by atoms with Gasteiger partial charge in [-0.25, -0.2) is 13.1 Å². The van der Waals surface area contributed by atoms with E-state index in [1.807, 2.05) is 0 Å². The van der Waals surface area contributed by atoms with E-state index >= 15 is 0 Å². The number of benzene rings is 2. The molecule has 0 radical (unpaired) electrons. The minimum Gasteiger partial charge on any atom is -0.326 e. The third-order valence-electron chi connectivity index (χ3n) is 4.08. The number of aromatic nitrogens is 2.